The Morgan fingerprint density at radius 2 is 1.68 bits per heavy atom. The van der Waals surface area contributed by atoms with Crippen LogP contribution in [0.2, 0.25) is 0 Å². The van der Waals surface area contributed by atoms with Crippen molar-refractivity contribution in [2.45, 2.75) is 67.0 Å². The van der Waals surface area contributed by atoms with E-state index in [1.54, 1.807) is 27.7 Å². The van der Waals surface area contributed by atoms with Gasteiger partial charge >= 0.3 is 21.2 Å². The Morgan fingerprint density at radius 1 is 1.05 bits per heavy atom. The number of rotatable bonds is 13. The molecule has 2 rings (SSSR count). The van der Waals surface area contributed by atoms with Crippen LogP contribution in [0.3, 0.4) is 0 Å². The fraction of sp³-hybridized carbons (Fsp3) is 0.519. The molecule has 1 aromatic carbocycles. The monoisotopic (exact) mass is 565 g/mol. The molecule has 2 aromatic rings. The van der Waals surface area contributed by atoms with Crippen molar-refractivity contribution in [1.29, 1.82) is 0 Å². The molecular formula is C27H39N3O6S2. The number of anilines is 1. The van der Waals surface area contributed by atoms with Crippen molar-refractivity contribution < 1.29 is 27.5 Å². The van der Waals surface area contributed by atoms with E-state index in [2.05, 4.69) is 29.2 Å². The number of ketones is 1. The van der Waals surface area contributed by atoms with E-state index in [9.17, 15) is 22.8 Å². The van der Waals surface area contributed by atoms with Crippen molar-refractivity contribution in [1.82, 2.24) is 10.6 Å². The summed E-state index contributed by atoms with van der Waals surface area (Å²) in [6.45, 7) is 13.1. The standard InChI is InChI=1S/C27H39N3O6S2/c1-8-28-26(33)38(34,35)30-24-23(15-22(37-24)14-17(3)4)21-12-10-20(11-13-21)16-29-27(18(5)6,19(7)31)25(32)36-9-2/h10-13,15,17-18,29-30H,8-9,14,16H2,1-7H3,(H,28,33). The van der Waals surface area contributed by atoms with Gasteiger partial charge < -0.3 is 10.1 Å². The fourth-order valence-corrected chi connectivity index (χ4v) is 6.54. The van der Waals surface area contributed by atoms with Crippen LogP contribution in [0.4, 0.5) is 9.80 Å². The number of carbonyl (C=O) groups is 3. The molecule has 1 aromatic heterocycles. The topological polar surface area (TPSA) is 131 Å². The molecule has 3 N–H and O–H groups in total. The molecule has 0 aliphatic carbocycles. The lowest BCUT2D eigenvalue weighted by atomic mass is 9.82. The summed E-state index contributed by atoms with van der Waals surface area (Å²) in [5, 5.41) is 4.74. The Morgan fingerprint density at radius 3 is 2.18 bits per heavy atom. The minimum atomic E-state index is -4.26. The summed E-state index contributed by atoms with van der Waals surface area (Å²) in [7, 11) is -4.26. The molecule has 38 heavy (non-hydrogen) atoms. The van der Waals surface area contributed by atoms with Gasteiger partial charge in [0.1, 0.15) is 5.00 Å². The Balaban J connectivity index is 2.37. The minimum Gasteiger partial charge on any atom is -0.464 e. The zero-order valence-corrected chi connectivity index (χ0v) is 24.8. The summed E-state index contributed by atoms with van der Waals surface area (Å²) in [5.41, 5.74) is 0.801. The zero-order valence-electron chi connectivity index (χ0n) is 23.1. The lowest BCUT2D eigenvalue weighted by Crippen LogP contribution is -2.61. The van der Waals surface area contributed by atoms with Crippen LogP contribution in [0.1, 0.15) is 58.9 Å². The normalized spacial score (nSPS) is 13.3. The Labute approximate surface area is 229 Å². The van der Waals surface area contributed by atoms with Gasteiger partial charge in [0, 0.05) is 23.5 Å². The average molecular weight is 566 g/mol. The smallest absolute Gasteiger partial charge is 0.357 e. The summed E-state index contributed by atoms with van der Waals surface area (Å²) in [6, 6.07) is 9.32. The lowest BCUT2D eigenvalue weighted by Gasteiger charge is -2.33. The summed E-state index contributed by atoms with van der Waals surface area (Å²) in [6.07, 6.45) is 0.763. The maximum absolute atomic E-state index is 12.7. The number of ether oxygens (including phenoxy) is 1. The van der Waals surface area contributed by atoms with E-state index in [1.807, 2.05) is 30.3 Å². The summed E-state index contributed by atoms with van der Waals surface area (Å²) in [5.74, 6) is -0.879. The number of nitrogens with one attached hydrogen (secondary N) is 3. The third-order valence-electron chi connectivity index (χ3n) is 6.04. The van der Waals surface area contributed by atoms with Gasteiger partial charge in [0.15, 0.2) is 11.3 Å². The highest BCUT2D eigenvalue weighted by molar-refractivity contribution is 8.07. The third kappa shape index (κ3) is 7.42. The number of hydrogen-bond donors (Lipinski definition) is 3. The summed E-state index contributed by atoms with van der Waals surface area (Å²) in [4.78, 5) is 38.4. The molecule has 0 fully saturated rings. The first-order chi connectivity index (χ1) is 17.8. The Bertz CT molecular complexity index is 1240. The van der Waals surface area contributed by atoms with E-state index in [0.717, 1.165) is 22.4 Å². The highest BCUT2D eigenvalue weighted by atomic mass is 32.2. The number of thiophene rings is 1. The molecular weight excluding hydrogens is 526 g/mol. The predicted octanol–water partition coefficient (Wildman–Crippen LogP) is 4.72. The molecule has 0 radical (unpaired) electrons. The van der Waals surface area contributed by atoms with Crippen molar-refractivity contribution in [3.05, 3.63) is 40.8 Å². The van der Waals surface area contributed by atoms with Crippen LogP contribution in [0.25, 0.3) is 11.1 Å². The number of Topliss-reactive ketones (excluding diaryl/α,β-unsaturated/α-hetero) is 1. The number of benzene rings is 1. The second-order valence-corrected chi connectivity index (χ2v) is 12.5. The first-order valence-corrected chi connectivity index (χ1v) is 15.0. The van der Waals surface area contributed by atoms with E-state index in [4.69, 9.17) is 4.74 Å². The molecule has 1 atom stereocenters. The lowest BCUT2D eigenvalue weighted by molar-refractivity contribution is -0.157. The molecule has 0 saturated carbocycles. The first-order valence-electron chi connectivity index (χ1n) is 12.7. The highest BCUT2D eigenvalue weighted by Gasteiger charge is 2.47. The second kappa shape index (κ2) is 13.3. The van der Waals surface area contributed by atoms with E-state index >= 15 is 0 Å². The number of sulfonamides is 1. The van der Waals surface area contributed by atoms with Gasteiger partial charge in [-0.05, 0) is 56.2 Å². The van der Waals surface area contributed by atoms with Crippen molar-refractivity contribution in [2.75, 3.05) is 17.9 Å². The van der Waals surface area contributed by atoms with E-state index in [1.165, 1.54) is 18.3 Å². The summed E-state index contributed by atoms with van der Waals surface area (Å²) >= 11 is 1.31. The van der Waals surface area contributed by atoms with Gasteiger partial charge in [0.25, 0.3) is 0 Å². The molecule has 0 aliphatic heterocycles. The van der Waals surface area contributed by atoms with Crippen molar-refractivity contribution >= 4 is 43.4 Å². The largest absolute Gasteiger partial charge is 0.464 e. The molecule has 0 spiro atoms. The van der Waals surface area contributed by atoms with Crippen molar-refractivity contribution in [3.63, 3.8) is 0 Å². The first kappa shape index (κ1) is 31.5. The summed E-state index contributed by atoms with van der Waals surface area (Å²) < 4.78 is 32.8. The second-order valence-electron chi connectivity index (χ2n) is 9.77. The molecule has 0 bridgehead atoms. The van der Waals surface area contributed by atoms with Gasteiger partial charge in [-0.3, -0.25) is 19.6 Å². The maximum atomic E-state index is 12.7. The molecule has 0 saturated heterocycles. The number of carbonyl (C=O) groups excluding carboxylic acids is 3. The van der Waals surface area contributed by atoms with Crippen LogP contribution in [-0.4, -0.2) is 44.1 Å². The Hall–Kier alpha value is -2.76. The van der Waals surface area contributed by atoms with Crippen LogP contribution in [0, 0.1) is 11.8 Å². The third-order valence-corrected chi connectivity index (χ3v) is 8.35. The molecule has 1 heterocycles. The molecule has 1 unspecified atom stereocenters. The number of hydrogen-bond acceptors (Lipinski definition) is 8. The van der Waals surface area contributed by atoms with E-state index in [0.29, 0.717) is 16.5 Å². The van der Waals surface area contributed by atoms with Crippen LogP contribution in [0.15, 0.2) is 30.3 Å². The van der Waals surface area contributed by atoms with Crippen LogP contribution in [-0.2, 0) is 37.3 Å². The van der Waals surface area contributed by atoms with Crippen LogP contribution in [0.5, 0.6) is 0 Å². The zero-order chi connectivity index (χ0) is 28.7. The van der Waals surface area contributed by atoms with Gasteiger partial charge in [-0.25, -0.2) is 4.79 Å². The average Bonchev–Trinajstić information content (AvgIpc) is 3.20. The van der Waals surface area contributed by atoms with Crippen LogP contribution < -0.4 is 15.4 Å². The van der Waals surface area contributed by atoms with Crippen molar-refractivity contribution in [2.24, 2.45) is 11.8 Å². The molecule has 0 aliphatic rings. The number of esters is 1. The van der Waals surface area contributed by atoms with Gasteiger partial charge in [0.2, 0.25) is 0 Å². The molecule has 11 heteroatoms. The quantitative estimate of drug-likeness (QED) is 0.237. The number of amides is 1. The van der Waals surface area contributed by atoms with E-state index in [-0.39, 0.29) is 31.4 Å². The SMILES string of the molecule is CCNC(=O)S(=O)(=O)Nc1sc(CC(C)C)cc1-c1ccc(CNC(C(C)=O)(C(=O)OCC)C(C)C)cc1. The van der Waals surface area contributed by atoms with Gasteiger partial charge in [-0.15, -0.1) is 11.3 Å². The van der Waals surface area contributed by atoms with Gasteiger partial charge in [-0.2, -0.15) is 8.42 Å². The highest BCUT2D eigenvalue weighted by Crippen LogP contribution is 2.38. The van der Waals surface area contributed by atoms with Crippen LogP contribution >= 0.6 is 11.3 Å². The van der Waals surface area contributed by atoms with Gasteiger partial charge in [0.05, 0.1) is 6.61 Å². The van der Waals surface area contributed by atoms with Crippen molar-refractivity contribution in [3.8, 4) is 11.1 Å². The molecule has 9 nitrogen and oxygen atoms in total. The predicted molar refractivity (Wildman–Crippen MR) is 152 cm³/mol. The minimum absolute atomic E-state index is 0.169. The fourth-order valence-electron chi connectivity index (χ4n) is 4.12. The van der Waals surface area contributed by atoms with Gasteiger partial charge in [-0.1, -0.05) is 52.0 Å². The molecule has 210 valence electrons. The Kier molecular flexibility index (Phi) is 11.0. The molecule has 1 amide bonds. The maximum Gasteiger partial charge on any atom is 0.357 e. The van der Waals surface area contributed by atoms with E-state index < -0.39 is 26.8 Å².